The number of benzene rings is 2. The molecule has 1 N–H and O–H groups in total. The molecular weight excluding hydrogens is 318 g/mol. The van der Waals surface area contributed by atoms with Crippen LogP contribution in [0.5, 0.6) is 17.2 Å². The Bertz CT molecular complexity index is 743. The van der Waals surface area contributed by atoms with Crippen LogP contribution in [0.15, 0.2) is 42.5 Å². The fourth-order valence-electron chi connectivity index (χ4n) is 2.43. The average Bonchev–Trinajstić information content (AvgIpc) is 2.63. The Hall–Kier alpha value is -2.95. The molecule has 0 saturated heterocycles. The molecule has 0 bridgehead atoms. The maximum atomic E-state index is 12.0. The first-order valence-electron chi connectivity index (χ1n) is 7.89. The summed E-state index contributed by atoms with van der Waals surface area (Å²) >= 11 is 0. The van der Waals surface area contributed by atoms with Gasteiger partial charge in [-0.1, -0.05) is 29.8 Å². The van der Waals surface area contributed by atoms with Crippen molar-refractivity contribution < 1.29 is 19.0 Å². The fourth-order valence-corrected chi connectivity index (χ4v) is 2.43. The van der Waals surface area contributed by atoms with Gasteiger partial charge in [-0.25, -0.2) is 0 Å². The van der Waals surface area contributed by atoms with Crippen LogP contribution < -0.4 is 19.5 Å². The largest absolute Gasteiger partial charge is 0.493 e. The molecule has 0 aliphatic rings. The first-order chi connectivity index (χ1) is 12.1. The zero-order chi connectivity index (χ0) is 18.2. The van der Waals surface area contributed by atoms with E-state index in [2.05, 4.69) is 5.32 Å². The number of amides is 1. The second-order valence-corrected chi connectivity index (χ2v) is 5.50. The molecule has 0 atom stereocenters. The number of hydrogen-bond donors (Lipinski definition) is 1. The molecule has 2 aromatic rings. The molecule has 0 fully saturated rings. The summed E-state index contributed by atoms with van der Waals surface area (Å²) in [5.74, 6) is 1.47. The molecule has 0 aliphatic carbocycles. The van der Waals surface area contributed by atoms with E-state index in [0.717, 1.165) is 16.7 Å². The average molecular weight is 341 g/mol. The highest BCUT2D eigenvalue weighted by molar-refractivity contribution is 5.91. The molecular formula is C20H23NO4. The van der Waals surface area contributed by atoms with E-state index >= 15 is 0 Å². The molecule has 0 saturated carbocycles. The van der Waals surface area contributed by atoms with E-state index in [4.69, 9.17) is 14.2 Å². The Morgan fingerprint density at radius 1 is 1.04 bits per heavy atom. The van der Waals surface area contributed by atoms with Crippen molar-refractivity contribution in [1.82, 2.24) is 5.32 Å². The molecule has 132 valence electrons. The highest BCUT2D eigenvalue weighted by Gasteiger charge is 2.13. The van der Waals surface area contributed by atoms with Crippen molar-refractivity contribution >= 4 is 12.0 Å². The lowest BCUT2D eigenvalue weighted by Crippen LogP contribution is -2.20. The maximum Gasteiger partial charge on any atom is 0.244 e. The highest BCUT2D eigenvalue weighted by Crippen LogP contribution is 2.38. The van der Waals surface area contributed by atoms with Crippen molar-refractivity contribution in [3.8, 4) is 17.2 Å². The lowest BCUT2D eigenvalue weighted by molar-refractivity contribution is -0.116. The van der Waals surface area contributed by atoms with Crippen molar-refractivity contribution in [3.05, 3.63) is 59.2 Å². The molecule has 0 aromatic heterocycles. The Morgan fingerprint density at radius 2 is 1.72 bits per heavy atom. The predicted octanol–water partition coefficient (Wildman–Crippen LogP) is 3.35. The number of hydrogen-bond acceptors (Lipinski definition) is 4. The quantitative estimate of drug-likeness (QED) is 0.785. The minimum atomic E-state index is -0.171. The van der Waals surface area contributed by atoms with E-state index in [9.17, 15) is 4.79 Å². The van der Waals surface area contributed by atoms with Crippen molar-refractivity contribution in [3.63, 3.8) is 0 Å². The molecule has 2 aromatic carbocycles. The number of carbonyl (C=O) groups is 1. The van der Waals surface area contributed by atoms with E-state index in [1.165, 1.54) is 6.08 Å². The number of nitrogens with one attached hydrogen (secondary N) is 1. The Balaban J connectivity index is 2.04. The van der Waals surface area contributed by atoms with Gasteiger partial charge >= 0.3 is 0 Å². The first kappa shape index (κ1) is 18.4. The highest BCUT2D eigenvalue weighted by atomic mass is 16.5. The van der Waals surface area contributed by atoms with Crippen LogP contribution in [0.25, 0.3) is 6.08 Å². The van der Waals surface area contributed by atoms with E-state index in [-0.39, 0.29) is 5.91 Å². The number of rotatable bonds is 7. The topological polar surface area (TPSA) is 56.8 Å². The van der Waals surface area contributed by atoms with Crippen LogP contribution >= 0.6 is 0 Å². The minimum absolute atomic E-state index is 0.171. The lowest BCUT2D eigenvalue weighted by Gasteiger charge is -2.14. The van der Waals surface area contributed by atoms with E-state index < -0.39 is 0 Å². The van der Waals surface area contributed by atoms with Crippen LogP contribution in [0.3, 0.4) is 0 Å². The van der Waals surface area contributed by atoms with Gasteiger partial charge in [-0.15, -0.1) is 0 Å². The summed E-state index contributed by atoms with van der Waals surface area (Å²) < 4.78 is 15.9. The van der Waals surface area contributed by atoms with Crippen molar-refractivity contribution in [2.45, 2.75) is 13.5 Å². The van der Waals surface area contributed by atoms with Crippen LogP contribution in [0.2, 0.25) is 0 Å². The Labute approximate surface area is 148 Å². The third-order valence-electron chi connectivity index (χ3n) is 3.66. The van der Waals surface area contributed by atoms with Gasteiger partial charge in [0.15, 0.2) is 11.5 Å². The summed E-state index contributed by atoms with van der Waals surface area (Å²) in [7, 11) is 4.67. The number of ether oxygens (including phenoxy) is 3. The minimum Gasteiger partial charge on any atom is -0.493 e. The van der Waals surface area contributed by atoms with Crippen molar-refractivity contribution in [1.29, 1.82) is 0 Å². The van der Waals surface area contributed by atoms with Crippen LogP contribution in [-0.2, 0) is 11.3 Å². The molecule has 0 spiro atoms. The van der Waals surface area contributed by atoms with Crippen molar-refractivity contribution in [2.75, 3.05) is 21.3 Å². The number of carbonyl (C=O) groups excluding carboxylic acids is 1. The molecule has 25 heavy (non-hydrogen) atoms. The van der Waals surface area contributed by atoms with Gasteiger partial charge in [0.05, 0.1) is 21.3 Å². The van der Waals surface area contributed by atoms with Crippen LogP contribution in [0.1, 0.15) is 16.7 Å². The molecule has 5 nitrogen and oxygen atoms in total. The predicted molar refractivity (Wildman–Crippen MR) is 98.2 cm³/mol. The van der Waals surface area contributed by atoms with Gasteiger partial charge in [0, 0.05) is 12.6 Å². The van der Waals surface area contributed by atoms with E-state index in [1.807, 2.05) is 43.3 Å². The van der Waals surface area contributed by atoms with Gasteiger partial charge in [-0.05, 0) is 36.3 Å². The van der Waals surface area contributed by atoms with Crippen molar-refractivity contribution in [2.24, 2.45) is 0 Å². The zero-order valence-corrected chi connectivity index (χ0v) is 15.0. The van der Waals surface area contributed by atoms with Gasteiger partial charge in [0.25, 0.3) is 0 Å². The normalized spacial score (nSPS) is 10.6. The summed E-state index contributed by atoms with van der Waals surface area (Å²) in [6.45, 7) is 2.37. The smallest absolute Gasteiger partial charge is 0.244 e. The molecule has 0 aliphatic heterocycles. The van der Waals surface area contributed by atoms with Crippen LogP contribution in [0.4, 0.5) is 0 Å². The summed E-state index contributed by atoms with van der Waals surface area (Å²) in [6, 6.07) is 11.6. The standard InChI is InChI=1S/C20H23NO4/c1-14-6-5-7-15(10-14)8-9-19(22)21-13-16-11-17(23-2)20(25-4)18(12-16)24-3/h5-12H,13H2,1-4H3,(H,21,22)/b9-8+. The molecule has 0 heterocycles. The first-order valence-corrected chi connectivity index (χ1v) is 7.89. The molecule has 0 radical (unpaired) electrons. The van der Waals surface area contributed by atoms with Crippen LogP contribution in [0, 0.1) is 6.92 Å². The Kier molecular flexibility index (Phi) is 6.46. The SMILES string of the molecule is COc1cc(CNC(=O)/C=C/c2cccc(C)c2)cc(OC)c1OC. The van der Waals surface area contributed by atoms with Gasteiger partial charge in [0.1, 0.15) is 0 Å². The molecule has 1 amide bonds. The third kappa shape index (κ3) is 5.01. The summed E-state index contributed by atoms with van der Waals surface area (Å²) in [6.07, 6.45) is 3.31. The van der Waals surface area contributed by atoms with E-state index in [1.54, 1.807) is 27.4 Å². The maximum absolute atomic E-state index is 12.0. The van der Waals surface area contributed by atoms with Gasteiger partial charge < -0.3 is 19.5 Å². The summed E-state index contributed by atoms with van der Waals surface area (Å²) in [5, 5.41) is 2.85. The Morgan fingerprint density at radius 3 is 2.28 bits per heavy atom. The number of methoxy groups -OCH3 is 3. The zero-order valence-electron chi connectivity index (χ0n) is 15.0. The third-order valence-corrected chi connectivity index (χ3v) is 3.66. The molecule has 5 heteroatoms. The van der Waals surface area contributed by atoms with Crippen LogP contribution in [-0.4, -0.2) is 27.2 Å². The molecule has 0 unspecified atom stereocenters. The summed E-state index contributed by atoms with van der Waals surface area (Å²) in [4.78, 5) is 12.0. The lowest BCUT2D eigenvalue weighted by atomic mass is 10.1. The summed E-state index contributed by atoms with van der Waals surface area (Å²) in [5.41, 5.74) is 3.00. The number of aryl methyl sites for hydroxylation is 1. The van der Waals surface area contributed by atoms with Gasteiger partial charge in [-0.2, -0.15) is 0 Å². The second kappa shape index (κ2) is 8.78. The van der Waals surface area contributed by atoms with E-state index in [0.29, 0.717) is 23.8 Å². The van der Waals surface area contributed by atoms with Gasteiger partial charge in [0.2, 0.25) is 11.7 Å². The second-order valence-electron chi connectivity index (χ2n) is 5.50. The molecule has 2 rings (SSSR count). The van der Waals surface area contributed by atoms with Gasteiger partial charge in [-0.3, -0.25) is 4.79 Å². The monoisotopic (exact) mass is 341 g/mol. The fraction of sp³-hybridized carbons (Fsp3) is 0.250.